The molecule has 5 heteroatoms. The van der Waals surface area contributed by atoms with Gasteiger partial charge in [-0.1, -0.05) is 0 Å². The molecule has 3 rings (SSSR count). The van der Waals surface area contributed by atoms with Crippen LogP contribution in [0, 0.1) is 11.3 Å². The largest absolute Gasteiger partial charge is 0.465 e. The number of Topliss-reactive ketones (excluding diaryl/α,β-unsaturated/α-hetero) is 2. The summed E-state index contributed by atoms with van der Waals surface area (Å²) >= 11 is 0. The number of esters is 1. The van der Waals surface area contributed by atoms with Crippen molar-refractivity contribution in [2.24, 2.45) is 11.3 Å². The number of cyclic esters (lactones) is 1. The predicted molar refractivity (Wildman–Crippen MR) is 55.1 cm³/mol. The molecule has 3 fully saturated rings. The molecule has 5 nitrogen and oxygen atoms in total. The van der Waals surface area contributed by atoms with Crippen LogP contribution in [0.3, 0.4) is 0 Å². The minimum atomic E-state index is -1.26. The van der Waals surface area contributed by atoms with Gasteiger partial charge < -0.3 is 9.47 Å². The molecule has 3 heterocycles. The molecule has 0 N–H and O–H groups in total. The third kappa shape index (κ3) is 0.972. The highest BCUT2D eigenvalue weighted by molar-refractivity contribution is 6.40. The Balaban J connectivity index is 2.13. The first-order chi connectivity index (χ1) is 7.93. The van der Waals surface area contributed by atoms with Crippen LogP contribution in [0.5, 0.6) is 0 Å². The van der Waals surface area contributed by atoms with Gasteiger partial charge in [0.15, 0.2) is 11.4 Å². The van der Waals surface area contributed by atoms with Crippen molar-refractivity contribution in [3.8, 4) is 0 Å². The van der Waals surface area contributed by atoms with Crippen LogP contribution in [0.2, 0.25) is 0 Å². The van der Waals surface area contributed by atoms with Gasteiger partial charge in [-0.25, -0.2) is 0 Å². The molecule has 3 aliphatic rings. The van der Waals surface area contributed by atoms with Crippen molar-refractivity contribution in [1.82, 2.24) is 0 Å². The first-order valence-corrected chi connectivity index (χ1v) is 5.84. The molecule has 17 heavy (non-hydrogen) atoms. The lowest BCUT2D eigenvalue weighted by Crippen LogP contribution is -2.56. The summed E-state index contributed by atoms with van der Waals surface area (Å²) in [6.07, 6.45) is 1.03. The summed E-state index contributed by atoms with van der Waals surface area (Å²) in [5, 5.41) is 0. The minimum absolute atomic E-state index is 0.0907. The number of fused-ring (bicyclic) bond motifs is 5. The van der Waals surface area contributed by atoms with Crippen molar-refractivity contribution in [1.29, 1.82) is 0 Å². The lowest BCUT2D eigenvalue weighted by Gasteiger charge is -2.36. The summed E-state index contributed by atoms with van der Waals surface area (Å²) in [6.45, 7) is 3.23. The monoisotopic (exact) mass is 238 g/mol. The van der Waals surface area contributed by atoms with Crippen LogP contribution >= 0.6 is 0 Å². The normalized spacial score (nSPS) is 46.8. The zero-order valence-corrected chi connectivity index (χ0v) is 9.82. The number of hydrogen-bond acceptors (Lipinski definition) is 5. The lowest BCUT2D eigenvalue weighted by molar-refractivity contribution is -0.166. The van der Waals surface area contributed by atoms with Crippen molar-refractivity contribution in [3.05, 3.63) is 0 Å². The molecule has 0 unspecified atom stereocenters. The SMILES string of the molecule is CC(=O)C(=O)[C@@]12CC[C@H](O1)[C@H]1COC(=O)[C@@]12C. The van der Waals surface area contributed by atoms with Crippen molar-refractivity contribution >= 4 is 17.5 Å². The summed E-state index contributed by atoms with van der Waals surface area (Å²) in [4.78, 5) is 35.4. The number of carbonyl (C=O) groups is 3. The second-order valence-corrected chi connectivity index (χ2v) is 5.31. The van der Waals surface area contributed by atoms with Crippen molar-refractivity contribution in [3.63, 3.8) is 0 Å². The van der Waals surface area contributed by atoms with Crippen LogP contribution in [0.25, 0.3) is 0 Å². The maximum absolute atomic E-state index is 12.1. The molecule has 3 aliphatic heterocycles. The highest BCUT2D eigenvalue weighted by Gasteiger charge is 2.76. The Bertz CT molecular complexity index is 442. The topological polar surface area (TPSA) is 69.7 Å². The van der Waals surface area contributed by atoms with Gasteiger partial charge >= 0.3 is 5.97 Å². The average Bonchev–Trinajstić information content (AvgIpc) is 2.89. The number of rotatable bonds is 2. The van der Waals surface area contributed by atoms with Crippen molar-refractivity contribution in [2.75, 3.05) is 6.61 Å². The average molecular weight is 238 g/mol. The van der Waals surface area contributed by atoms with E-state index < -0.39 is 28.6 Å². The Hall–Kier alpha value is -1.23. The highest BCUT2D eigenvalue weighted by Crippen LogP contribution is 2.62. The van der Waals surface area contributed by atoms with Crippen LogP contribution in [0.1, 0.15) is 26.7 Å². The molecule has 92 valence electrons. The van der Waals surface area contributed by atoms with Crippen LogP contribution < -0.4 is 0 Å². The standard InChI is InChI=1S/C12H14O5/c1-6(13)9(14)12-4-3-8(17-12)7-5-16-10(15)11(7,12)2/h7-8H,3-5H2,1-2H3/t7-,8+,11-,12-/m1/s1. The van der Waals surface area contributed by atoms with E-state index in [1.54, 1.807) is 6.92 Å². The molecule has 2 bridgehead atoms. The van der Waals surface area contributed by atoms with E-state index in [4.69, 9.17) is 9.47 Å². The smallest absolute Gasteiger partial charge is 0.315 e. The maximum atomic E-state index is 12.1. The first kappa shape index (κ1) is 10.9. The molecular weight excluding hydrogens is 224 g/mol. The molecule has 0 aromatic carbocycles. The van der Waals surface area contributed by atoms with E-state index in [0.717, 1.165) is 6.42 Å². The van der Waals surface area contributed by atoms with Gasteiger partial charge in [-0.15, -0.1) is 0 Å². The fourth-order valence-corrected chi connectivity index (χ4v) is 3.65. The Kier molecular flexibility index (Phi) is 1.90. The van der Waals surface area contributed by atoms with Gasteiger partial charge in [0.1, 0.15) is 5.41 Å². The van der Waals surface area contributed by atoms with E-state index in [2.05, 4.69) is 0 Å². The summed E-state index contributed by atoms with van der Waals surface area (Å²) in [6, 6.07) is 0. The number of hydrogen-bond donors (Lipinski definition) is 0. The Morgan fingerprint density at radius 2 is 2.12 bits per heavy atom. The van der Waals surface area contributed by atoms with Crippen LogP contribution in [0.15, 0.2) is 0 Å². The Morgan fingerprint density at radius 1 is 1.41 bits per heavy atom. The fraction of sp³-hybridized carbons (Fsp3) is 0.750. The third-order valence-electron chi connectivity index (χ3n) is 4.67. The summed E-state index contributed by atoms with van der Waals surface area (Å²) < 4.78 is 10.8. The minimum Gasteiger partial charge on any atom is -0.465 e. The summed E-state index contributed by atoms with van der Waals surface area (Å²) in [5.41, 5.74) is -2.24. The Morgan fingerprint density at radius 3 is 2.76 bits per heavy atom. The number of carbonyl (C=O) groups excluding carboxylic acids is 3. The molecule has 0 saturated carbocycles. The van der Waals surface area contributed by atoms with Crippen LogP contribution in [-0.2, 0) is 23.9 Å². The van der Waals surface area contributed by atoms with Gasteiger partial charge in [-0.05, 0) is 19.8 Å². The number of ketones is 2. The van der Waals surface area contributed by atoms with Crippen LogP contribution in [0.4, 0.5) is 0 Å². The van der Waals surface area contributed by atoms with Crippen molar-refractivity contribution < 1.29 is 23.9 Å². The second-order valence-electron chi connectivity index (χ2n) is 5.31. The molecule has 0 radical (unpaired) electrons. The fourth-order valence-electron chi connectivity index (χ4n) is 3.65. The summed E-state index contributed by atoms with van der Waals surface area (Å²) in [5.74, 6) is -1.62. The Labute approximate surface area is 98.4 Å². The van der Waals surface area contributed by atoms with E-state index in [0.29, 0.717) is 13.0 Å². The van der Waals surface area contributed by atoms with Gasteiger partial charge in [-0.2, -0.15) is 0 Å². The van der Waals surface area contributed by atoms with E-state index in [1.807, 2.05) is 0 Å². The zero-order valence-electron chi connectivity index (χ0n) is 9.82. The van der Waals surface area contributed by atoms with Gasteiger partial charge in [-0.3, -0.25) is 14.4 Å². The molecular formula is C12H14O5. The quantitative estimate of drug-likeness (QED) is 0.509. The lowest BCUT2D eigenvalue weighted by atomic mass is 9.60. The zero-order chi connectivity index (χ0) is 12.4. The van der Waals surface area contributed by atoms with Crippen molar-refractivity contribution in [2.45, 2.75) is 38.4 Å². The molecule has 3 saturated heterocycles. The van der Waals surface area contributed by atoms with Gasteiger partial charge in [0, 0.05) is 12.8 Å². The van der Waals surface area contributed by atoms with Gasteiger partial charge in [0.2, 0.25) is 5.78 Å². The molecule has 0 aromatic heterocycles. The molecule has 0 spiro atoms. The third-order valence-corrected chi connectivity index (χ3v) is 4.67. The van der Waals surface area contributed by atoms with E-state index in [1.165, 1.54) is 6.92 Å². The van der Waals surface area contributed by atoms with E-state index in [-0.39, 0.29) is 12.0 Å². The van der Waals surface area contributed by atoms with Gasteiger partial charge in [0.25, 0.3) is 0 Å². The number of ether oxygens (including phenoxy) is 2. The molecule has 0 aromatic rings. The molecule has 4 atom stereocenters. The van der Waals surface area contributed by atoms with Gasteiger partial charge in [0.05, 0.1) is 12.7 Å². The summed E-state index contributed by atoms with van der Waals surface area (Å²) in [7, 11) is 0. The highest BCUT2D eigenvalue weighted by atomic mass is 16.6. The second kappa shape index (κ2) is 2.96. The maximum Gasteiger partial charge on any atom is 0.315 e. The molecule has 0 aliphatic carbocycles. The molecule has 0 amide bonds. The van der Waals surface area contributed by atoms with E-state index >= 15 is 0 Å². The van der Waals surface area contributed by atoms with E-state index in [9.17, 15) is 14.4 Å². The van der Waals surface area contributed by atoms with Crippen LogP contribution in [-0.4, -0.2) is 35.8 Å². The first-order valence-electron chi connectivity index (χ1n) is 5.84. The predicted octanol–water partition coefficient (Wildman–Crippen LogP) is 0.255.